The molecule has 10 heteroatoms. The molecule has 2 amide bonds. The Morgan fingerprint density at radius 2 is 1.93 bits per heavy atom. The molecule has 9 nitrogen and oxygen atoms in total. The van der Waals surface area contributed by atoms with Crippen molar-refractivity contribution in [1.29, 1.82) is 0 Å². The summed E-state index contributed by atoms with van der Waals surface area (Å²) in [5.74, 6) is -1.79. The average Bonchev–Trinajstić information content (AvgIpc) is 3.03. The van der Waals surface area contributed by atoms with Crippen LogP contribution in [0.5, 0.6) is 0 Å². The number of rotatable bonds is 5. The predicted molar refractivity (Wildman–Crippen MR) is 106 cm³/mol. The Morgan fingerprint density at radius 3 is 2.55 bits per heavy atom. The zero-order valence-corrected chi connectivity index (χ0v) is 17.1. The van der Waals surface area contributed by atoms with E-state index >= 15 is 0 Å². The van der Waals surface area contributed by atoms with E-state index in [1.54, 1.807) is 12.1 Å². The molecule has 0 unspecified atom stereocenters. The summed E-state index contributed by atoms with van der Waals surface area (Å²) in [5.41, 5.74) is 1.63. The molecule has 1 aromatic carbocycles. The van der Waals surface area contributed by atoms with E-state index < -0.39 is 33.9 Å². The normalized spacial score (nSPS) is 22.0. The topological polar surface area (TPSA) is 122 Å². The lowest BCUT2D eigenvalue weighted by molar-refractivity contribution is -0.147. The van der Waals surface area contributed by atoms with E-state index in [1.165, 1.54) is 6.92 Å². The summed E-state index contributed by atoms with van der Waals surface area (Å²) < 4.78 is 28.5. The molecule has 1 fully saturated rings. The van der Waals surface area contributed by atoms with Crippen molar-refractivity contribution >= 4 is 39.0 Å². The van der Waals surface area contributed by atoms with Crippen LogP contribution in [0.3, 0.4) is 0 Å². The lowest BCUT2D eigenvalue weighted by atomic mass is 10.1. The number of aryl methyl sites for hydroxylation is 1. The highest BCUT2D eigenvalue weighted by molar-refractivity contribution is 7.91. The van der Waals surface area contributed by atoms with Crippen LogP contribution in [-0.2, 0) is 29.0 Å². The molecule has 2 aliphatic heterocycles. The second-order valence-corrected chi connectivity index (χ2v) is 9.47. The van der Waals surface area contributed by atoms with E-state index in [0.29, 0.717) is 5.69 Å². The van der Waals surface area contributed by atoms with E-state index in [2.05, 4.69) is 10.4 Å². The van der Waals surface area contributed by atoms with Crippen LogP contribution >= 0.6 is 0 Å². The zero-order valence-electron chi connectivity index (χ0n) is 16.3. The van der Waals surface area contributed by atoms with Crippen LogP contribution in [0.2, 0.25) is 0 Å². The number of carbonyl (C=O) groups is 3. The molecule has 0 aliphatic carbocycles. The highest BCUT2D eigenvalue weighted by Gasteiger charge is 2.37. The van der Waals surface area contributed by atoms with Crippen LogP contribution in [0.1, 0.15) is 31.7 Å². The van der Waals surface area contributed by atoms with Gasteiger partial charge in [0.2, 0.25) is 5.91 Å². The Balaban J connectivity index is 1.62. The molecule has 2 aliphatic rings. The van der Waals surface area contributed by atoms with Gasteiger partial charge >= 0.3 is 5.97 Å². The summed E-state index contributed by atoms with van der Waals surface area (Å²) in [6.45, 7) is 3.37. The number of carbonyl (C=O) groups excluding carboxylic acids is 3. The number of esters is 1. The molecule has 0 radical (unpaired) electrons. The number of benzene rings is 1. The van der Waals surface area contributed by atoms with Crippen molar-refractivity contribution < 1.29 is 27.5 Å². The van der Waals surface area contributed by atoms with Gasteiger partial charge in [0.1, 0.15) is 5.71 Å². The molecule has 156 valence electrons. The van der Waals surface area contributed by atoms with Gasteiger partial charge in [0.05, 0.1) is 17.5 Å². The number of hydrazone groups is 1. The molecular weight excluding hydrogens is 398 g/mol. The second-order valence-electron chi connectivity index (χ2n) is 7.24. The van der Waals surface area contributed by atoms with Gasteiger partial charge in [-0.1, -0.05) is 17.7 Å². The summed E-state index contributed by atoms with van der Waals surface area (Å²) in [5, 5.41) is 7.79. The van der Waals surface area contributed by atoms with Crippen LogP contribution in [-0.4, -0.2) is 60.6 Å². The molecule has 0 bridgehead atoms. The molecule has 29 heavy (non-hydrogen) atoms. The molecule has 0 spiro atoms. The van der Waals surface area contributed by atoms with Crippen molar-refractivity contribution in [2.75, 3.05) is 16.8 Å². The lowest BCUT2D eigenvalue weighted by Gasteiger charge is -2.27. The van der Waals surface area contributed by atoms with Gasteiger partial charge in [0, 0.05) is 18.5 Å². The molecule has 1 N–H and O–H groups in total. The minimum Gasteiger partial charge on any atom is -0.448 e. The number of nitrogens with zero attached hydrogens (tertiary/aromatic N) is 2. The summed E-state index contributed by atoms with van der Waals surface area (Å²) >= 11 is 0. The SMILES string of the molecule is Cc1ccc(NC(=O)[C@@H](C)OC(=O)C2=NN([C@@H]3CCS(=O)(=O)C3)C(=O)CC2)cc1. The monoisotopic (exact) mass is 421 g/mol. The second kappa shape index (κ2) is 8.32. The molecule has 1 saturated heterocycles. The molecular formula is C19H23N3O6S. The first-order chi connectivity index (χ1) is 13.6. The number of hydrogen-bond acceptors (Lipinski definition) is 7. The van der Waals surface area contributed by atoms with Gasteiger partial charge in [-0.15, -0.1) is 0 Å². The van der Waals surface area contributed by atoms with Gasteiger partial charge < -0.3 is 10.1 Å². The number of amides is 2. The Labute approximate surface area is 169 Å². The highest BCUT2D eigenvalue weighted by atomic mass is 32.2. The van der Waals surface area contributed by atoms with E-state index in [1.807, 2.05) is 19.1 Å². The van der Waals surface area contributed by atoms with Crippen LogP contribution < -0.4 is 5.32 Å². The van der Waals surface area contributed by atoms with Gasteiger partial charge in [-0.2, -0.15) is 5.10 Å². The quantitative estimate of drug-likeness (QED) is 0.709. The Kier molecular flexibility index (Phi) is 6.02. The van der Waals surface area contributed by atoms with Crippen LogP contribution in [0.4, 0.5) is 5.69 Å². The Hall–Kier alpha value is -2.75. The summed E-state index contributed by atoms with van der Waals surface area (Å²) in [7, 11) is -3.20. The molecule has 0 saturated carbocycles. The van der Waals surface area contributed by atoms with Crippen LogP contribution in [0.15, 0.2) is 29.4 Å². The molecule has 0 aromatic heterocycles. The molecule has 2 heterocycles. The van der Waals surface area contributed by atoms with Crippen molar-refractivity contribution in [2.24, 2.45) is 5.10 Å². The summed E-state index contributed by atoms with van der Waals surface area (Å²) in [6, 6.07) is 6.60. The molecule has 1 aromatic rings. The average molecular weight is 421 g/mol. The number of ether oxygens (including phenoxy) is 1. The number of hydrogen-bond donors (Lipinski definition) is 1. The molecule has 2 atom stereocenters. The van der Waals surface area contributed by atoms with Crippen molar-refractivity contribution in [1.82, 2.24) is 5.01 Å². The van der Waals surface area contributed by atoms with Gasteiger partial charge in [0.25, 0.3) is 5.91 Å². The van der Waals surface area contributed by atoms with Crippen LogP contribution in [0, 0.1) is 6.92 Å². The van der Waals surface area contributed by atoms with Crippen molar-refractivity contribution in [3.63, 3.8) is 0 Å². The fourth-order valence-electron chi connectivity index (χ4n) is 3.14. The Bertz CT molecular complexity index is 955. The van der Waals surface area contributed by atoms with Crippen LogP contribution in [0.25, 0.3) is 0 Å². The largest absolute Gasteiger partial charge is 0.448 e. The first-order valence-corrected chi connectivity index (χ1v) is 11.2. The lowest BCUT2D eigenvalue weighted by Crippen LogP contribution is -2.42. The first kappa shape index (κ1) is 21.0. The standard InChI is InChI=1S/C19H23N3O6S/c1-12-3-5-14(6-4-12)20-18(24)13(2)28-19(25)16-7-8-17(23)22(21-16)15-9-10-29(26,27)11-15/h3-6,13,15H,7-11H2,1-2H3,(H,20,24)/t13-,15-/m1/s1. The minimum atomic E-state index is -3.20. The highest BCUT2D eigenvalue weighted by Crippen LogP contribution is 2.22. The minimum absolute atomic E-state index is 0.00360. The van der Waals surface area contributed by atoms with Gasteiger partial charge in [-0.25, -0.2) is 18.2 Å². The maximum Gasteiger partial charge on any atom is 0.355 e. The third kappa shape index (κ3) is 5.20. The fraction of sp³-hybridized carbons (Fsp3) is 0.474. The Morgan fingerprint density at radius 1 is 1.24 bits per heavy atom. The maximum atomic E-state index is 12.4. The summed E-state index contributed by atoms with van der Waals surface area (Å²) in [4.78, 5) is 36.8. The van der Waals surface area contributed by atoms with Crippen molar-refractivity contribution in [3.8, 4) is 0 Å². The van der Waals surface area contributed by atoms with Crippen molar-refractivity contribution in [3.05, 3.63) is 29.8 Å². The third-order valence-corrected chi connectivity index (χ3v) is 6.57. The number of nitrogens with one attached hydrogen (secondary N) is 1. The molecule has 3 rings (SSSR count). The maximum absolute atomic E-state index is 12.4. The van der Waals surface area contributed by atoms with Gasteiger partial charge in [-0.05, 0) is 32.4 Å². The number of anilines is 1. The van der Waals surface area contributed by atoms with E-state index in [9.17, 15) is 22.8 Å². The summed E-state index contributed by atoms with van der Waals surface area (Å²) in [6.07, 6.45) is -0.659. The fourth-order valence-corrected chi connectivity index (χ4v) is 4.83. The van der Waals surface area contributed by atoms with E-state index in [-0.39, 0.29) is 42.4 Å². The van der Waals surface area contributed by atoms with Gasteiger partial charge in [-0.3, -0.25) is 9.59 Å². The predicted octanol–water partition coefficient (Wildman–Crippen LogP) is 1.03. The third-order valence-electron chi connectivity index (χ3n) is 4.82. The number of sulfone groups is 1. The van der Waals surface area contributed by atoms with E-state index in [0.717, 1.165) is 10.6 Å². The zero-order chi connectivity index (χ0) is 21.2. The van der Waals surface area contributed by atoms with E-state index in [4.69, 9.17) is 4.74 Å². The first-order valence-electron chi connectivity index (χ1n) is 9.33. The smallest absolute Gasteiger partial charge is 0.355 e. The van der Waals surface area contributed by atoms with Gasteiger partial charge in [0.15, 0.2) is 15.9 Å². The van der Waals surface area contributed by atoms with Crippen molar-refractivity contribution in [2.45, 2.75) is 45.3 Å².